The minimum Gasteiger partial charge on any atom is -0.507 e. The summed E-state index contributed by atoms with van der Waals surface area (Å²) in [5, 5.41) is 10.8. The lowest BCUT2D eigenvalue weighted by atomic mass is 9.79. The zero-order chi connectivity index (χ0) is 19.8. The van der Waals surface area contributed by atoms with Gasteiger partial charge in [-0.1, -0.05) is 34.1 Å². The van der Waals surface area contributed by atoms with Crippen LogP contribution in [0.1, 0.15) is 21.5 Å². The number of rotatable bonds is 3. The third-order valence-corrected chi connectivity index (χ3v) is 5.71. The van der Waals surface area contributed by atoms with E-state index in [2.05, 4.69) is 15.9 Å². The van der Waals surface area contributed by atoms with Crippen molar-refractivity contribution in [2.45, 2.75) is 12.8 Å². The lowest BCUT2D eigenvalue weighted by Gasteiger charge is -2.26. The summed E-state index contributed by atoms with van der Waals surface area (Å²) in [4.78, 5) is 12.5. The predicted octanol–water partition coefficient (Wildman–Crippen LogP) is 5.38. The molecule has 1 aliphatic rings. The van der Waals surface area contributed by atoms with Crippen LogP contribution in [0.4, 0.5) is 0 Å². The van der Waals surface area contributed by atoms with Gasteiger partial charge in [-0.15, -0.1) is 0 Å². The van der Waals surface area contributed by atoms with E-state index >= 15 is 0 Å². The number of carbonyl (C=O) groups excluding carboxylic acids is 1. The van der Waals surface area contributed by atoms with Crippen LogP contribution in [0.15, 0.2) is 53.0 Å². The van der Waals surface area contributed by atoms with E-state index in [0.717, 1.165) is 56.4 Å². The first-order chi connectivity index (χ1) is 13.5. The highest BCUT2D eigenvalue weighted by Crippen LogP contribution is 2.45. The molecule has 1 N–H and O–H groups in total. The van der Waals surface area contributed by atoms with Crippen LogP contribution >= 0.6 is 15.9 Å². The molecule has 5 heteroatoms. The first kappa shape index (κ1) is 18.6. The van der Waals surface area contributed by atoms with Gasteiger partial charge in [0.05, 0.1) is 14.2 Å². The number of benzene rings is 3. The number of phenolic OH excluding ortho intramolecular Hbond substituents is 1. The van der Waals surface area contributed by atoms with E-state index < -0.39 is 5.97 Å². The van der Waals surface area contributed by atoms with E-state index in [4.69, 9.17) is 9.47 Å². The smallest absolute Gasteiger partial charge is 0.342 e. The fraction of sp³-hybridized carbons (Fsp3) is 0.174. The van der Waals surface area contributed by atoms with E-state index in [1.807, 2.05) is 42.5 Å². The van der Waals surface area contributed by atoms with Crippen molar-refractivity contribution in [3.8, 4) is 33.8 Å². The zero-order valence-corrected chi connectivity index (χ0v) is 17.2. The summed E-state index contributed by atoms with van der Waals surface area (Å²) in [6.45, 7) is 0. The standard InChI is InChI=1S/C23H19BrO4/c1-27-16-8-10-17-14(11-16)5-9-18-19(13-3-6-15(24)7-4-13)12-20(25)22(21(17)18)23(26)28-2/h3-4,6-8,10-12,25H,5,9H2,1-2H3. The maximum absolute atomic E-state index is 12.5. The van der Waals surface area contributed by atoms with Gasteiger partial charge in [-0.25, -0.2) is 4.79 Å². The number of halogens is 1. The third-order valence-electron chi connectivity index (χ3n) is 5.18. The van der Waals surface area contributed by atoms with Crippen molar-refractivity contribution in [1.29, 1.82) is 0 Å². The van der Waals surface area contributed by atoms with Crippen molar-refractivity contribution in [3.05, 3.63) is 69.7 Å². The van der Waals surface area contributed by atoms with Gasteiger partial charge < -0.3 is 14.6 Å². The van der Waals surface area contributed by atoms with Crippen LogP contribution in [-0.2, 0) is 17.6 Å². The minimum absolute atomic E-state index is 0.0767. The fourth-order valence-corrected chi connectivity index (χ4v) is 4.13. The number of ether oxygens (including phenoxy) is 2. The summed E-state index contributed by atoms with van der Waals surface area (Å²) < 4.78 is 11.3. The maximum atomic E-state index is 12.5. The number of hydrogen-bond acceptors (Lipinski definition) is 4. The largest absolute Gasteiger partial charge is 0.507 e. The number of esters is 1. The number of fused-ring (bicyclic) bond motifs is 3. The lowest BCUT2D eigenvalue weighted by molar-refractivity contribution is 0.0598. The Labute approximate surface area is 171 Å². The minimum atomic E-state index is -0.542. The molecule has 4 nitrogen and oxygen atoms in total. The predicted molar refractivity (Wildman–Crippen MR) is 112 cm³/mol. The Morgan fingerprint density at radius 3 is 2.43 bits per heavy atom. The molecule has 0 saturated heterocycles. The SMILES string of the molecule is COC(=O)c1c(O)cc(-c2ccc(Br)cc2)c2c1-c1ccc(OC)cc1CC2. The van der Waals surface area contributed by atoms with Crippen molar-refractivity contribution in [1.82, 2.24) is 0 Å². The van der Waals surface area contributed by atoms with Crippen LogP contribution in [0.25, 0.3) is 22.3 Å². The van der Waals surface area contributed by atoms with E-state index in [0.29, 0.717) is 0 Å². The second kappa shape index (κ2) is 7.32. The Morgan fingerprint density at radius 2 is 1.75 bits per heavy atom. The van der Waals surface area contributed by atoms with Gasteiger partial charge in [-0.3, -0.25) is 0 Å². The second-order valence-electron chi connectivity index (χ2n) is 6.69. The first-order valence-corrected chi connectivity index (χ1v) is 9.73. The molecule has 142 valence electrons. The van der Waals surface area contributed by atoms with Crippen LogP contribution in [0, 0.1) is 0 Å². The molecular formula is C23H19BrO4. The van der Waals surface area contributed by atoms with Crippen LogP contribution < -0.4 is 4.74 Å². The Kier molecular flexibility index (Phi) is 4.85. The molecule has 0 amide bonds. The average molecular weight is 439 g/mol. The molecule has 0 aromatic heterocycles. The van der Waals surface area contributed by atoms with Crippen molar-refractivity contribution in [2.75, 3.05) is 14.2 Å². The van der Waals surface area contributed by atoms with Crippen molar-refractivity contribution < 1.29 is 19.4 Å². The van der Waals surface area contributed by atoms with Gasteiger partial charge in [0.25, 0.3) is 0 Å². The van der Waals surface area contributed by atoms with Crippen LogP contribution in [0.2, 0.25) is 0 Å². The van der Waals surface area contributed by atoms with E-state index in [1.54, 1.807) is 13.2 Å². The highest BCUT2D eigenvalue weighted by Gasteiger charge is 2.29. The fourth-order valence-electron chi connectivity index (χ4n) is 3.87. The number of aromatic hydroxyl groups is 1. The van der Waals surface area contributed by atoms with Gasteiger partial charge >= 0.3 is 5.97 Å². The highest BCUT2D eigenvalue weighted by molar-refractivity contribution is 9.10. The summed E-state index contributed by atoms with van der Waals surface area (Å²) in [6, 6.07) is 15.4. The normalized spacial score (nSPS) is 12.1. The number of carbonyl (C=O) groups is 1. The number of hydrogen-bond donors (Lipinski definition) is 1. The van der Waals surface area contributed by atoms with E-state index in [9.17, 15) is 9.90 Å². The summed E-state index contributed by atoms with van der Waals surface area (Å²) in [5.74, 6) is 0.155. The summed E-state index contributed by atoms with van der Waals surface area (Å²) in [6.07, 6.45) is 1.58. The molecule has 3 aromatic rings. The lowest BCUT2D eigenvalue weighted by Crippen LogP contribution is -2.13. The number of phenols is 1. The van der Waals surface area contributed by atoms with Crippen LogP contribution in [0.3, 0.4) is 0 Å². The molecule has 0 spiro atoms. The van der Waals surface area contributed by atoms with Gasteiger partial charge in [0.15, 0.2) is 0 Å². The molecule has 3 aromatic carbocycles. The van der Waals surface area contributed by atoms with Crippen molar-refractivity contribution in [3.63, 3.8) is 0 Å². The summed E-state index contributed by atoms with van der Waals surface area (Å²) >= 11 is 3.46. The topological polar surface area (TPSA) is 55.8 Å². The summed E-state index contributed by atoms with van der Waals surface area (Å²) in [5.41, 5.74) is 5.93. The van der Waals surface area contributed by atoms with Gasteiger partial charge in [0, 0.05) is 10.0 Å². The van der Waals surface area contributed by atoms with Gasteiger partial charge in [0.2, 0.25) is 0 Å². The molecule has 0 bridgehead atoms. The molecule has 0 heterocycles. The molecule has 0 radical (unpaired) electrons. The third kappa shape index (κ3) is 3.06. The second-order valence-corrected chi connectivity index (χ2v) is 7.61. The van der Waals surface area contributed by atoms with Gasteiger partial charge in [-0.2, -0.15) is 0 Å². The van der Waals surface area contributed by atoms with E-state index in [1.165, 1.54) is 7.11 Å². The Bertz CT molecular complexity index is 1070. The Hall–Kier alpha value is -2.79. The monoisotopic (exact) mass is 438 g/mol. The van der Waals surface area contributed by atoms with Gasteiger partial charge in [0.1, 0.15) is 17.1 Å². The quantitative estimate of drug-likeness (QED) is 0.557. The number of methoxy groups -OCH3 is 2. The first-order valence-electron chi connectivity index (χ1n) is 8.94. The molecule has 1 aliphatic carbocycles. The van der Waals surface area contributed by atoms with Crippen molar-refractivity contribution in [2.24, 2.45) is 0 Å². The maximum Gasteiger partial charge on any atom is 0.342 e. The highest BCUT2D eigenvalue weighted by atomic mass is 79.9. The Morgan fingerprint density at radius 1 is 1.00 bits per heavy atom. The Balaban J connectivity index is 2.03. The average Bonchev–Trinajstić information content (AvgIpc) is 2.72. The van der Waals surface area contributed by atoms with Crippen LogP contribution in [0.5, 0.6) is 11.5 Å². The molecule has 4 rings (SSSR count). The van der Waals surface area contributed by atoms with Crippen LogP contribution in [-0.4, -0.2) is 25.3 Å². The molecule has 0 aliphatic heterocycles. The van der Waals surface area contributed by atoms with Gasteiger partial charge in [-0.05, 0) is 71.0 Å². The molecule has 0 atom stereocenters. The molecule has 0 saturated carbocycles. The summed E-state index contributed by atoms with van der Waals surface area (Å²) in [7, 11) is 2.96. The molecule has 0 fully saturated rings. The molecule has 0 unspecified atom stereocenters. The zero-order valence-electron chi connectivity index (χ0n) is 15.6. The molecular weight excluding hydrogens is 420 g/mol. The number of aryl methyl sites for hydroxylation is 1. The van der Waals surface area contributed by atoms with E-state index in [-0.39, 0.29) is 11.3 Å². The molecule has 28 heavy (non-hydrogen) atoms. The van der Waals surface area contributed by atoms with Crippen molar-refractivity contribution >= 4 is 21.9 Å².